The molecule has 0 saturated carbocycles. The van der Waals surface area contributed by atoms with Crippen LogP contribution in [0.4, 0.5) is 0 Å². The zero-order chi connectivity index (χ0) is 11.9. The van der Waals surface area contributed by atoms with Gasteiger partial charge in [0.25, 0.3) is 0 Å². The SMILES string of the molecule is NC(Cc1ccccc1)CN1CCCNCC1. The lowest BCUT2D eigenvalue weighted by atomic mass is 10.1. The molecule has 1 unspecified atom stereocenters. The van der Waals surface area contributed by atoms with Gasteiger partial charge in [-0.05, 0) is 31.5 Å². The van der Waals surface area contributed by atoms with E-state index in [1.807, 2.05) is 0 Å². The molecular formula is C14H23N3. The van der Waals surface area contributed by atoms with Crippen molar-refractivity contribution in [1.29, 1.82) is 0 Å². The highest BCUT2D eigenvalue weighted by Crippen LogP contribution is 2.04. The van der Waals surface area contributed by atoms with Crippen molar-refractivity contribution in [3.8, 4) is 0 Å². The highest BCUT2D eigenvalue weighted by Gasteiger charge is 2.12. The van der Waals surface area contributed by atoms with Crippen molar-refractivity contribution < 1.29 is 0 Å². The van der Waals surface area contributed by atoms with Gasteiger partial charge in [-0.1, -0.05) is 30.3 Å². The Morgan fingerprint density at radius 3 is 2.82 bits per heavy atom. The lowest BCUT2D eigenvalue weighted by Gasteiger charge is -2.23. The standard InChI is InChI=1S/C14H23N3/c15-14(11-13-5-2-1-3-6-13)12-17-9-4-7-16-8-10-17/h1-3,5-6,14,16H,4,7-12,15H2. The molecule has 3 heteroatoms. The van der Waals surface area contributed by atoms with Gasteiger partial charge in [0, 0.05) is 25.7 Å². The van der Waals surface area contributed by atoms with Crippen molar-refractivity contribution in [2.45, 2.75) is 18.9 Å². The van der Waals surface area contributed by atoms with E-state index in [-0.39, 0.29) is 6.04 Å². The first-order valence-corrected chi connectivity index (χ1v) is 6.57. The molecule has 1 fully saturated rings. The van der Waals surface area contributed by atoms with Crippen LogP contribution in [-0.4, -0.2) is 43.7 Å². The van der Waals surface area contributed by atoms with Gasteiger partial charge in [-0.3, -0.25) is 0 Å². The number of hydrogen-bond donors (Lipinski definition) is 2. The molecule has 3 N–H and O–H groups in total. The molecule has 1 aromatic rings. The molecule has 1 aliphatic heterocycles. The topological polar surface area (TPSA) is 41.3 Å². The monoisotopic (exact) mass is 233 g/mol. The van der Waals surface area contributed by atoms with Crippen LogP contribution in [0.1, 0.15) is 12.0 Å². The van der Waals surface area contributed by atoms with Crippen LogP contribution in [-0.2, 0) is 6.42 Å². The third kappa shape index (κ3) is 4.46. The van der Waals surface area contributed by atoms with Crippen LogP contribution in [0.3, 0.4) is 0 Å². The number of rotatable bonds is 4. The summed E-state index contributed by atoms with van der Waals surface area (Å²) in [5, 5.41) is 3.42. The van der Waals surface area contributed by atoms with E-state index in [1.54, 1.807) is 0 Å². The van der Waals surface area contributed by atoms with Gasteiger partial charge in [0.05, 0.1) is 0 Å². The Morgan fingerprint density at radius 2 is 2.00 bits per heavy atom. The molecule has 0 bridgehead atoms. The Balaban J connectivity index is 1.78. The molecule has 0 amide bonds. The van der Waals surface area contributed by atoms with Gasteiger partial charge in [-0.15, -0.1) is 0 Å². The number of nitrogens with zero attached hydrogens (tertiary/aromatic N) is 1. The summed E-state index contributed by atoms with van der Waals surface area (Å²) < 4.78 is 0. The first kappa shape index (κ1) is 12.6. The summed E-state index contributed by atoms with van der Waals surface area (Å²) in [5.74, 6) is 0. The highest BCUT2D eigenvalue weighted by molar-refractivity contribution is 5.15. The molecule has 1 heterocycles. The molecule has 3 nitrogen and oxygen atoms in total. The van der Waals surface area contributed by atoms with Crippen molar-refractivity contribution in [3.63, 3.8) is 0 Å². The Bertz CT molecular complexity index is 305. The fourth-order valence-electron chi connectivity index (χ4n) is 2.40. The first-order valence-electron chi connectivity index (χ1n) is 6.57. The van der Waals surface area contributed by atoms with E-state index in [0.717, 1.165) is 32.6 Å². The zero-order valence-electron chi connectivity index (χ0n) is 10.4. The largest absolute Gasteiger partial charge is 0.326 e. The van der Waals surface area contributed by atoms with Crippen LogP contribution in [0.5, 0.6) is 0 Å². The summed E-state index contributed by atoms with van der Waals surface area (Å²) in [7, 11) is 0. The van der Waals surface area contributed by atoms with Gasteiger partial charge in [0.2, 0.25) is 0 Å². The second-order valence-corrected chi connectivity index (χ2v) is 4.85. The lowest BCUT2D eigenvalue weighted by Crippen LogP contribution is -2.40. The third-order valence-corrected chi connectivity index (χ3v) is 3.27. The van der Waals surface area contributed by atoms with E-state index >= 15 is 0 Å². The first-order chi connectivity index (χ1) is 8.34. The molecule has 2 rings (SSSR count). The molecular weight excluding hydrogens is 210 g/mol. The average Bonchev–Trinajstić information content (AvgIpc) is 2.59. The molecule has 1 saturated heterocycles. The zero-order valence-corrected chi connectivity index (χ0v) is 10.4. The van der Waals surface area contributed by atoms with E-state index in [2.05, 4.69) is 40.5 Å². The van der Waals surface area contributed by atoms with E-state index in [0.29, 0.717) is 0 Å². The second-order valence-electron chi connectivity index (χ2n) is 4.85. The van der Waals surface area contributed by atoms with Crippen molar-refractivity contribution in [1.82, 2.24) is 10.2 Å². The molecule has 17 heavy (non-hydrogen) atoms. The Kier molecular flexibility index (Phi) is 4.98. The van der Waals surface area contributed by atoms with E-state index in [1.165, 1.54) is 18.5 Å². The van der Waals surface area contributed by atoms with Crippen LogP contribution < -0.4 is 11.1 Å². The van der Waals surface area contributed by atoms with Crippen molar-refractivity contribution in [3.05, 3.63) is 35.9 Å². The molecule has 94 valence electrons. The number of benzene rings is 1. The minimum atomic E-state index is 0.246. The maximum atomic E-state index is 6.23. The summed E-state index contributed by atoms with van der Waals surface area (Å²) in [4.78, 5) is 2.48. The summed E-state index contributed by atoms with van der Waals surface area (Å²) in [6, 6.07) is 10.8. The Hall–Kier alpha value is -0.900. The third-order valence-electron chi connectivity index (χ3n) is 3.27. The summed E-state index contributed by atoms with van der Waals surface area (Å²) in [6.07, 6.45) is 2.21. The molecule has 1 aromatic carbocycles. The van der Waals surface area contributed by atoms with E-state index in [9.17, 15) is 0 Å². The minimum Gasteiger partial charge on any atom is -0.326 e. The van der Waals surface area contributed by atoms with Crippen LogP contribution in [0.2, 0.25) is 0 Å². The Labute approximate surface area is 104 Å². The van der Waals surface area contributed by atoms with Gasteiger partial charge in [-0.25, -0.2) is 0 Å². The van der Waals surface area contributed by atoms with Crippen LogP contribution >= 0.6 is 0 Å². The van der Waals surface area contributed by atoms with Crippen molar-refractivity contribution in [2.24, 2.45) is 5.73 Å². The lowest BCUT2D eigenvalue weighted by molar-refractivity contribution is 0.272. The molecule has 0 aliphatic carbocycles. The average molecular weight is 233 g/mol. The predicted octanol–water partition coefficient (Wildman–Crippen LogP) is 0.852. The van der Waals surface area contributed by atoms with E-state index in [4.69, 9.17) is 5.73 Å². The summed E-state index contributed by atoms with van der Waals surface area (Å²) in [6.45, 7) is 5.55. The van der Waals surface area contributed by atoms with Crippen LogP contribution in [0.15, 0.2) is 30.3 Å². The van der Waals surface area contributed by atoms with Gasteiger partial charge in [0.15, 0.2) is 0 Å². The number of hydrogen-bond acceptors (Lipinski definition) is 3. The van der Waals surface area contributed by atoms with Crippen molar-refractivity contribution in [2.75, 3.05) is 32.7 Å². The second kappa shape index (κ2) is 6.74. The molecule has 0 aromatic heterocycles. The van der Waals surface area contributed by atoms with Gasteiger partial charge >= 0.3 is 0 Å². The molecule has 0 radical (unpaired) electrons. The quantitative estimate of drug-likeness (QED) is 0.810. The van der Waals surface area contributed by atoms with Crippen LogP contribution in [0.25, 0.3) is 0 Å². The fourth-order valence-corrected chi connectivity index (χ4v) is 2.40. The number of nitrogens with one attached hydrogen (secondary N) is 1. The highest BCUT2D eigenvalue weighted by atomic mass is 15.2. The van der Waals surface area contributed by atoms with Gasteiger partial charge in [0.1, 0.15) is 0 Å². The number of nitrogens with two attached hydrogens (primary N) is 1. The molecule has 1 atom stereocenters. The smallest absolute Gasteiger partial charge is 0.0208 e. The maximum Gasteiger partial charge on any atom is 0.0208 e. The molecule has 1 aliphatic rings. The van der Waals surface area contributed by atoms with E-state index < -0.39 is 0 Å². The Morgan fingerprint density at radius 1 is 1.18 bits per heavy atom. The fraction of sp³-hybridized carbons (Fsp3) is 0.571. The van der Waals surface area contributed by atoms with Gasteiger partial charge < -0.3 is 16.0 Å². The minimum absolute atomic E-state index is 0.246. The molecule has 0 spiro atoms. The van der Waals surface area contributed by atoms with Crippen molar-refractivity contribution >= 4 is 0 Å². The summed E-state index contributed by atoms with van der Waals surface area (Å²) >= 11 is 0. The predicted molar refractivity (Wildman–Crippen MR) is 72.0 cm³/mol. The normalized spacial score (nSPS) is 19.8. The maximum absolute atomic E-state index is 6.23. The summed E-state index contributed by atoms with van der Waals surface area (Å²) in [5.41, 5.74) is 7.57. The van der Waals surface area contributed by atoms with Crippen LogP contribution in [0, 0.1) is 0 Å². The van der Waals surface area contributed by atoms with Gasteiger partial charge in [-0.2, -0.15) is 0 Å².